The normalized spacial score (nSPS) is 10.6. The Labute approximate surface area is 132 Å². The first-order valence-electron chi connectivity index (χ1n) is 7.30. The van der Waals surface area contributed by atoms with Crippen molar-refractivity contribution < 1.29 is 0 Å². The molecule has 0 unspecified atom stereocenters. The Bertz CT molecular complexity index is 557. The van der Waals surface area contributed by atoms with Gasteiger partial charge in [-0.3, -0.25) is 4.98 Å². The SMILES string of the molecule is CCCNCc1ccc(Cl)cc1N(C)Cc1ccncc1. The van der Waals surface area contributed by atoms with Gasteiger partial charge in [-0.25, -0.2) is 0 Å². The zero-order valence-electron chi connectivity index (χ0n) is 12.6. The molecule has 0 fully saturated rings. The Morgan fingerprint density at radius 3 is 2.67 bits per heavy atom. The van der Waals surface area contributed by atoms with Gasteiger partial charge in [-0.2, -0.15) is 0 Å². The summed E-state index contributed by atoms with van der Waals surface area (Å²) < 4.78 is 0. The third kappa shape index (κ3) is 4.73. The van der Waals surface area contributed by atoms with Crippen LogP contribution >= 0.6 is 11.6 Å². The van der Waals surface area contributed by atoms with E-state index in [1.807, 2.05) is 36.7 Å². The third-order valence-electron chi connectivity index (χ3n) is 3.37. The summed E-state index contributed by atoms with van der Waals surface area (Å²) in [7, 11) is 2.09. The van der Waals surface area contributed by atoms with Gasteiger partial charge in [-0.1, -0.05) is 24.6 Å². The number of nitrogens with one attached hydrogen (secondary N) is 1. The lowest BCUT2D eigenvalue weighted by atomic mass is 10.1. The monoisotopic (exact) mass is 303 g/mol. The van der Waals surface area contributed by atoms with Crippen LogP contribution in [-0.2, 0) is 13.1 Å². The van der Waals surface area contributed by atoms with Crippen molar-refractivity contribution in [2.45, 2.75) is 26.4 Å². The van der Waals surface area contributed by atoms with E-state index in [-0.39, 0.29) is 0 Å². The number of halogens is 1. The highest BCUT2D eigenvalue weighted by atomic mass is 35.5. The van der Waals surface area contributed by atoms with Gasteiger partial charge in [0.2, 0.25) is 0 Å². The van der Waals surface area contributed by atoms with E-state index in [2.05, 4.69) is 35.2 Å². The Morgan fingerprint density at radius 1 is 1.19 bits per heavy atom. The van der Waals surface area contributed by atoms with E-state index in [0.717, 1.165) is 31.1 Å². The number of rotatable bonds is 7. The molecule has 0 atom stereocenters. The number of nitrogens with zero attached hydrogens (tertiary/aromatic N) is 2. The fourth-order valence-electron chi connectivity index (χ4n) is 2.29. The molecule has 2 rings (SSSR count). The highest BCUT2D eigenvalue weighted by Gasteiger charge is 2.09. The van der Waals surface area contributed by atoms with Gasteiger partial charge in [0.25, 0.3) is 0 Å². The smallest absolute Gasteiger partial charge is 0.0427 e. The molecule has 0 aliphatic carbocycles. The summed E-state index contributed by atoms with van der Waals surface area (Å²) in [6, 6.07) is 10.2. The van der Waals surface area contributed by atoms with E-state index in [1.54, 1.807) is 0 Å². The average molecular weight is 304 g/mol. The number of hydrogen-bond acceptors (Lipinski definition) is 3. The predicted molar refractivity (Wildman–Crippen MR) is 89.8 cm³/mol. The third-order valence-corrected chi connectivity index (χ3v) is 3.61. The minimum absolute atomic E-state index is 0.769. The predicted octanol–water partition coefficient (Wildman–Crippen LogP) is 3.87. The molecule has 1 aromatic carbocycles. The van der Waals surface area contributed by atoms with Gasteiger partial charge in [0.1, 0.15) is 0 Å². The van der Waals surface area contributed by atoms with Crippen LogP contribution in [0.1, 0.15) is 24.5 Å². The van der Waals surface area contributed by atoms with Gasteiger partial charge in [0.15, 0.2) is 0 Å². The summed E-state index contributed by atoms with van der Waals surface area (Å²) in [6.45, 7) is 4.89. The van der Waals surface area contributed by atoms with E-state index in [0.29, 0.717) is 0 Å². The lowest BCUT2D eigenvalue weighted by molar-refractivity contribution is 0.673. The van der Waals surface area contributed by atoms with Gasteiger partial charge in [0, 0.05) is 43.2 Å². The molecule has 3 nitrogen and oxygen atoms in total. The fourth-order valence-corrected chi connectivity index (χ4v) is 2.46. The molecule has 2 aromatic rings. The zero-order valence-corrected chi connectivity index (χ0v) is 13.4. The van der Waals surface area contributed by atoms with Gasteiger partial charge in [-0.05, 0) is 48.4 Å². The molecular weight excluding hydrogens is 282 g/mol. The quantitative estimate of drug-likeness (QED) is 0.787. The van der Waals surface area contributed by atoms with Crippen LogP contribution in [0.3, 0.4) is 0 Å². The molecule has 0 aliphatic rings. The lowest BCUT2D eigenvalue weighted by Gasteiger charge is -2.23. The number of pyridine rings is 1. The molecule has 4 heteroatoms. The Morgan fingerprint density at radius 2 is 1.95 bits per heavy atom. The molecule has 0 saturated heterocycles. The number of hydrogen-bond donors (Lipinski definition) is 1. The van der Waals surface area contributed by atoms with Gasteiger partial charge in [-0.15, -0.1) is 0 Å². The van der Waals surface area contributed by atoms with E-state index >= 15 is 0 Å². The molecule has 1 aromatic heterocycles. The first kappa shape index (κ1) is 15.8. The molecule has 112 valence electrons. The first-order valence-corrected chi connectivity index (χ1v) is 7.67. The molecule has 0 amide bonds. The summed E-state index contributed by atoms with van der Waals surface area (Å²) in [5, 5.41) is 4.22. The van der Waals surface area contributed by atoms with Crippen molar-refractivity contribution in [2.75, 3.05) is 18.5 Å². The molecule has 1 N–H and O–H groups in total. The number of aromatic nitrogens is 1. The van der Waals surface area contributed by atoms with Crippen LogP contribution in [0.15, 0.2) is 42.7 Å². The van der Waals surface area contributed by atoms with E-state index < -0.39 is 0 Å². The van der Waals surface area contributed by atoms with Crippen molar-refractivity contribution in [1.82, 2.24) is 10.3 Å². The van der Waals surface area contributed by atoms with Crippen molar-refractivity contribution in [3.05, 3.63) is 58.9 Å². The number of benzene rings is 1. The van der Waals surface area contributed by atoms with Gasteiger partial charge in [0.05, 0.1) is 0 Å². The highest BCUT2D eigenvalue weighted by Crippen LogP contribution is 2.25. The van der Waals surface area contributed by atoms with Crippen LogP contribution in [0.5, 0.6) is 0 Å². The minimum Gasteiger partial charge on any atom is -0.370 e. The molecule has 1 heterocycles. The molecule has 21 heavy (non-hydrogen) atoms. The summed E-state index contributed by atoms with van der Waals surface area (Å²) >= 11 is 6.17. The van der Waals surface area contributed by atoms with Crippen LogP contribution in [0.25, 0.3) is 0 Å². The Balaban J connectivity index is 2.14. The lowest BCUT2D eigenvalue weighted by Crippen LogP contribution is -2.21. The van der Waals surface area contributed by atoms with Gasteiger partial charge >= 0.3 is 0 Å². The molecule has 0 radical (unpaired) electrons. The van der Waals surface area contributed by atoms with E-state index in [4.69, 9.17) is 11.6 Å². The first-order chi connectivity index (χ1) is 10.2. The van der Waals surface area contributed by atoms with E-state index in [1.165, 1.54) is 16.8 Å². The van der Waals surface area contributed by atoms with Crippen molar-refractivity contribution >= 4 is 17.3 Å². The topological polar surface area (TPSA) is 28.2 Å². The van der Waals surface area contributed by atoms with Crippen molar-refractivity contribution in [1.29, 1.82) is 0 Å². The summed E-state index contributed by atoms with van der Waals surface area (Å²) in [5.41, 5.74) is 3.67. The molecular formula is C17H22ClN3. The van der Waals surface area contributed by atoms with E-state index in [9.17, 15) is 0 Å². The molecule has 0 saturated carbocycles. The second kappa shape index (κ2) is 8.01. The summed E-state index contributed by atoms with van der Waals surface area (Å²) in [6.07, 6.45) is 4.78. The molecule has 0 spiro atoms. The second-order valence-corrected chi connectivity index (χ2v) is 5.60. The molecule has 0 bridgehead atoms. The van der Waals surface area contributed by atoms with Gasteiger partial charge < -0.3 is 10.2 Å². The van der Waals surface area contributed by atoms with Crippen LogP contribution in [0, 0.1) is 0 Å². The summed E-state index contributed by atoms with van der Waals surface area (Å²) in [4.78, 5) is 6.28. The second-order valence-electron chi connectivity index (χ2n) is 5.16. The zero-order chi connectivity index (χ0) is 15.1. The average Bonchev–Trinajstić information content (AvgIpc) is 2.50. The van der Waals surface area contributed by atoms with Crippen molar-refractivity contribution in [3.8, 4) is 0 Å². The number of anilines is 1. The molecule has 0 aliphatic heterocycles. The van der Waals surface area contributed by atoms with Crippen LogP contribution in [-0.4, -0.2) is 18.6 Å². The Hall–Kier alpha value is -1.58. The van der Waals surface area contributed by atoms with Crippen molar-refractivity contribution in [2.24, 2.45) is 0 Å². The van der Waals surface area contributed by atoms with Crippen LogP contribution in [0.2, 0.25) is 5.02 Å². The van der Waals surface area contributed by atoms with Crippen LogP contribution in [0.4, 0.5) is 5.69 Å². The van der Waals surface area contributed by atoms with Crippen LogP contribution < -0.4 is 10.2 Å². The highest BCUT2D eigenvalue weighted by molar-refractivity contribution is 6.30. The standard InChI is InChI=1S/C17H22ClN3/c1-3-8-20-12-15-4-5-16(18)11-17(15)21(2)13-14-6-9-19-10-7-14/h4-7,9-11,20H,3,8,12-13H2,1-2H3. The maximum atomic E-state index is 6.17. The Kier molecular flexibility index (Phi) is 6.03. The largest absolute Gasteiger partial charge is 0.370 e. The maximum Gasteiger partial charge on any atom is 0.0427 e. The maximum absolute atomic E-state index is 6.17. The summed E-state index contributed by atoms with van der Waals surface area (Å²) in [5.74, 6) is 0. The minimum atomic E-state index is 0.769. The fraction of sp³-hybridized carbons (Fsp3) is 0.353. The van der Waals surface area contributed by atoms with Crippen molar-refractivity contribution in [3.63, 3.8) is 0 Å².